The molecule has 0 fully saturated rings. The largest absolute Gasteiger partial charge is 0.271 e. The van der Waals surface area contributed by atoms with Gasteiger partial charge in [0.15, 0.2) is 0 Å². The number of hydrogen-bond donors (Lipinski definition) is 1. The van der Waals surface area contributed by atoms with Crippen molar-refractivity contribution in [3.8, 4) is 11.3 Å². The molecule has 4 heteroatoms. The Hall–Kier alpha value is -3.27. The van der Waals surface area contributed by atoms with Crippen LogP contribution in [0.5, 0.6) is 0 Å². The molecule has 3 rings (SSSR count). The molecule has 0 bridgehead atoms. The maximum absolute atomic E-state index is 11.9. The van der Waals surface area contributed by atoms with Crippen molar-refractivity contribution in [2.45, 2.75) is 0 Å². The molecule has 1 aromatic heterocycles. The Labute approximate surface area is 134 Å². The van der Waals surface area contributed by atoms with Gasteiger partial charge in [-0.15, -0.1) is 0 Å². The summed E-state index contributed by atoms with van der Waals surface area (Å²) < 4.78 is 0. The third-order valence-electron chi connectivity index (χ3n) is 3.27. The third-order valence-corrected chi connectivity index (χ3v) is 3.27. The van der Waals surface area contributed by atoms with Gasteiger partial charge in [0, 0.05) is 17.3 Å². The van der Waals surface area contributed by atoms with Gasteiger partial charge in [-0.3, -0.25) is 9.78 Å². The van der Waals surface area contributed by atoms with E-state index in [1.54, 1.807) is 24.5 Å². The molecule has 1 N–H and O–H groups in total. The van der Waals surface area contributed by atoms with Gasteiger partial charge in [0.2, 0.25) is 0 Å². The molecule has 1 amide bonds. The molecule has 112 valence electrons. The average molecular weight is 301 g/mol. The zero-order valence-corrected chi connectivity index (χ0v) is 12.4. The maximum atomic E-state index is 11.9. The summed E-state index contributed by atoms with van der Waals surface area (Å²) in [6.07, 6.45) is 3.33. The molecule has 0 spiro atoms. The second-order valence-electron chi connectivity index (χ2n) is 4.91. The summed E-state index contributed by atoms with van der Waals surface area (Å²) in [5, 5.41) is 4.00. The van der Waals surface area contributed by atoms with Gasteiger partial charge < -0.3 is 0 Å². The number of amides is 1. The zero-order valence-electron chi connectivity index (χ0n) is 12.4. The smallest absolute Gasteiger partial charge is 0.267 e. The monoisotopic (exact) mass is 301 g/mol. The highest BCUT2D eigenvalue weighted by Crippen LogP contribution is 2.16. The molecule has 0 radical (unpaired) electrons. The number of aromatic nitrogens is 1. The molecule has 0 saturated carbocycles. The summed E-state index contributed by atoms with van der Waals surface area (Å²) in [5.74, 6) is -0.237. The highest BCUT2D eigenvalue weighted by Gasteiger charge is 2.02. The molecular formula is C19H15N3O. The van der Waals surface area contributed by atoms with Crippen LogP contribution in [0.25, 0.3) is 11.3 Å². The summed E-state index contributed by atoms with van der Waals surface area (Å²) in [4.78, 5) is 16.2. The number of hydrazone groups is 1. The Kier molecular flexibility index (Phi) is 4.55. The van der Waals surface area contributed by atoms with Crippen molar-refractivity contribution in [1.82, 2.24) is 10.4 Å². The molecule has 4 nitrogen and oxygen atoms in total. The van der Waals surface area contributed by atoms with Crippen molar-refractivity contribution in [2.75, 3.05) is 0 Å². The van der Waals surface area contributed by atoms with Crippen LogP contribution >= 0.6 is 0 Å². The van der Waals surface area contributed by atoms with Gasteiger partial charge in [-0.2, -0.15) is 5.10 Å². The van der Waals surface area contributed by atoms with Crippen LogP contribution < -0.4 is 5.43 Å². The predicted molar refractivity (Wildman–Crippen MR) is 91.2 cm³/mol. The van der Waals surface area contributed by atoms with Crippen LogP contribution in [0.15, 0.2) is 84.1 Å². The molecule has 0 atom stereocenters. The first-order chi connectivity index (χ1) is 11.3. The summed E-state index contributed by atoms with van der Waals surface area (Å²) in [5.41, 5.74) is 5.86. The molecule has 0 aliphatic rings. The minimum Gasteiger partial charge on any atom is -0.267 e. The minimum atomic E-state index is -0.237. The second kappa shape index (κ2) is 7.13. The van der Waals surface area contributed by atoms with Gasteiger partial charge in [-0.1, -0.05) is 48.5 Å². The normalized spacial score (nSPS) is 10.6. The first-order valence-electron chi connectivity index (χ1n) is 7.23. The van der Waals surface area contributed by atoms with E-state index in [0.717, 1.165) is 16.8 Å². The lowest BCUT2D eigenvalue weighted by Gasteiger charge is -2.02. The summed E-state index contributed by atoms with van der Waals surface area (Å²) in [6.45, 7) is 0. The van der Waals surface area contributed by atoms with Gasteiger partial charge in [0.05, 0.1) is 11.9 Å². The van der Waals surface area contributed by atoms with Crippen LogP contribution in [-0.4, -0.2) is 17.1 Å². The van der Waals surface area contributed by atoms with Crippen LogP contribution in [-0.2, 0) is 0 Å². The Morgan fingerprint density at radius 1 is 0.957 bits per heavy atom. The molecule has 23 heavy (non-hydrogen) atoms. The highest BCUT2D eigenvalue weighted by atomic mass is 16.2. The number of hydrogen-bond acceptors (Lipinski definition) is 3. The van der Waals surface area contributed by atoms with Crippen LogP contribution in [0.2, 0.25) is 0 Å². The fraction of sp³-hybridized carbons (Fsp3) is 0. The number of carbonyl (C=O) groups is 1. The summed E-state index contributed by atoms with van der Waals surface area (Å²) >= 11 is 0. The molecule has 0 aliphatic carbocycles. The van der Waals surface area contributed by atoms with E-state index < -0.39 is 0 Å². The first-order valence-corrected chi connectivity index (χ1v) is 7.23. The van der Waals surface area contributed by atoms with E-state index in [0.29, 0.717) is 5.56 Å². The average Bonchev–Trinajstić information content (AvgIpc) is 2.63. The lowest BCUT2D eigenvalue weighted by atomic mass is 10.1. The van der Waals surface area contributed by atoms with Crippen LogP contribution in [0, 0.1) is 0 Å². The third kappa shape index (κ3) is 3.89. The summed E-state index contributed by atoms with van der Waals surface area (Å²) in [6, 6.07) is 22.6. The quantitative estimate of drug-likeness (QED) is 0.592. The Balaban J connectivity index is 1.70. The maximum Gasteiger partial charge on any atom is 0.271 e. The predicted octanol–water partition coefficient (Wildman–Crippen LogP) is 3.51. The fourth-order valence-corrected chi connectivity index (χ4v) is 2.11. The zero-order chi connectivity index (χ0) is 15.9. The molecule has 2 aromatic carbocycles. The number of rotatable bonds is 4. The van der Waals surface area contributed by atoms with E-state index in [4.69, 9.17) is 0 Å². The van der Waals surface area contributed by atoms with Crippen LogP contribution in [0.3, 0.4) is 0 Å². The first kappa shape index (κ1) is 14.7. The Morgan fingerprint density at radius 2 is 1.65 bits per heavy atom. The Bertz CT molecular complexity index is 814. The van der Waals surface area contributed by atoms with Gasteiger partial charge >= 0.3 is 0 Å². The topological polar surface area (TPSA) is 54.4 Å². The van der Waals surface area contributed by atoms with Crippen molar-refractivity contribution in [3.63, 3.8) is 0 Å². The van der Waals surface area contributed by atoms with E-state index in [1.807, 2.05) is 60.7 Å². The van der Waals surface area contributed by atoms with Crippen molar-refractivity contribution in [3.05, 3.63) is 90.1 Å². The number of benzene rings is 2. The van der Waals surface area contributed by atoms with Crippen molar-refractivity contribution >= 4 is 12.1 Å². The number of pyridine rings is 1. The second-order valence-corrected chi connectivity index (χ2v) is 4.91. The van der Waals surface area contributed by atoms with Crippen molar-refractivity contribution in [2.24, 2.45) is 5.10 Å². The van der Waals surface area contributed by atoms with Crippen molar-refractivity contribution in [1.29, 1.82) is 0 Å². The SMILES string of the molecule is O=C(N/N=C/c1ccnc(-c2ccccc2)c1)c1ccccc1. The number of nitrogens with zero attached hydrogens (tertiary/aromatic N) is 2. The number of nitrogens with one attached hydrogen (secondary N) is 1. The van der Waals surface area contributed by atoms with Gasteiger partial charge in [0.25, 0.3) is 5.91 Å². The van der Waals surface area contributed by atoms with E-state index in [1.165, 1.54) is 0 Å². The Morgan fingerprint density at radius 3 is 2.39 bits per heavy atom. The standard InChI is InChI=1S/C19H15N3O/c23-19(17-9-5-2-6-10-17)22-21-14-15-11-12-20-18(13-15)16-7-3-1-4-8-16/h1-14H,(H,22,23)/b21-14+. The van der Waals surface area contributed by atoms with E-state index >= 15 is 0 Å². The van der Waals surface area contributed by atoms with Crippen LogP contribution in [0.1, 0.15) is 15.9 Å². The van der Waals surface area contributed by atoms with Crippen molar-refractivity contribution < 1.29 is 4.79 Å². The van der Waals surface area contributed by atoms with E-state index in [-0.39, 0.29) is 5.91 Å². The molecular weight excluding hydrogens is 286 g/mol. The van der Waals surface area contributed by atoms with Gasteiger partial charge in [0.1, 0.15) is 0 Å². The van der Waals surface area contributed by atoms with Gasteiger partial charge in [-0.05, 0) is 29.8 Å². The lowest BCUT2D eigenvalue weighted by Crippen LogP contribution is -2.17. The summed E-state index contributed by atoms with van der Waals surface area (Å²) in [7, 11) is 0. The van der Waals surface area contributed by atoms with E-state index in [9.17, 15) is 4.79 Å². The van der Waals surface area contributed by atoms with Crippen LogP contribution in [0.4, 0.5) is 0 Å². The highest BCUT2D eigenvalue weighted by molar-refractivity contribution is 5.94. The lowest BCUT2D eigenvalue weighted by molar-refractivity contribution is 0.0955. The minimum absolute atomic E-state index is 0.237. The molecule has 0 saturated heterocycles. The molecule has 1 heterocycles. The van der Waals surface area contributed by atoms with Gasteiger partial charge in [-0.25, -0.2) is 5.43 Å². The molecule has 0 aliphatic heterocycles. The molecule has 3 aromatic rings. The van der Waals surface area contributed by atoms with E-state index in [2.05, 4.69) is 15.5 Å². The fourth-order valence-electron chi connectivity index (χ4n) is 2.11. The molecule has 0 unspecified atom stereocenters. The number of carbonyl (C=O) groups excluding carboxylic acids is 1.